The van der Waals surface area contributed by atoms with E-state index in [4.69, 9.17) is 14.2 Å². The molecule has 1 heterocycles. The third-order valence-electron chi connectivity index (χ3n) is 7.54. The summed E-state index contributed by atoms with van der Waals surface area (Å²) in [5.74, 6) is -0.204. The van der Waals surface area contributed by atoms with Gasteiger partial charge in [-0.15, -0.1) is 0 Å². The summed E-state index contributed by atoms with van der Waals surface area (Å²) in [6.07, 6.45) is 3.28. The summed E-state index contributed by atoms with van der Waals surface area (Å²) in [6, 6.07) is 12.9. The van der Waals surface area contributed by atoms with Crippen LogP contribution < -0.4 is 9.47 Å². The van der Waals surface area contributed by atoms with E-state index >= 15 is 0 Å². The molecule has 7 nitrogen and oxygen atoms in total. The van der Waals surface area contributed by atoms with Gasteiger partial charge < -0.3 is 19.1 Å². The minimum atomic E-state index is -0.771. The Bertz CT molecular complexity index is 1140. The van der Waals surface area contributed by atoms with Gasteiger partial charge in [-0.2, -0.15) is 0 Å². The standard InChI is InChI=1S/C31H41NO6/c1-7-31(3,4)28(33)29(34)32-18-9-8-13-24(32)30(35)38-25(23-12-10-11-21(2)19-23)16-14-22-15-17-26(36-5)27(20-22)37-6/h10-12,15,17,19-20,24-25H,7-9,13-14,16,18H2,1-6H3. The molecule has 206 valence electrons. The van der Waals surface area contributed by atoms with Gasteiger partial charge in [0.15, 0.2) is 11.5 Å². The number of aryl methyl sites for hydroxylation is 2. The van der Waals surface area contributed by atoms with Gasteiger partial charge in [-0.25, -0.2) is 4.79 Å². The van der Waals surface area contributed by atoms with E-state index in [2.05, 4.69) is 0 Å². The second-order valence-corrected chi connectivity index (χ2v) is 10.6. The molecule has 1 fully saturated rings. The summed E-state index contributed by atoms with van der Waals surface area (Å²) in [6.45, 7) is 7.81. The van der Waals surface area contributed by atoms with Gasteiger partial charge in [-0.05, 0) is 68.7 Å². The highest BCUT2D eigenvalue weighted by Crippen LogP contribution is 2.32. The number of methoxy groups -OCH3 is 2. The predicted molar refractivity (Wildman–Crippen MR) is 146 cm³/mol. The van der Waals surface area contributed by atoms with Crippen LogP contribution in [0.25, 0.3) is 0 Å². The Kier molecular flexibility index (Phi) is 9.95. The molecule has 2 aromatic rings. The van der Waals surface area contributed by atoms with Crippen molar-refractivity contribution >= 4 is 17.7 Å². The van der Waals surface area contributed by atoms with Gasteiger partial charge in [-0.1, -0.05) is 56.7 Å². The number of piperidine rings is 1. The molecular formula is C31H41NO6. The molecule has 1 aliphatic heterocycles. The summed E-state index contributed by atoms with van der Waals surface area (Å²) in [5, 5.41) is 0. The molecule has 0 radical (unpaired) electrons. The number of Topliss-reactive ketones (excluding diaryl/α,β-unsaturated/α-hetero) is 1. The van der Waals surface area contributed by atoms with Crippen molar-refractivity contribution in [3.8, 4) is 11.5 Å². The van der Waals surface area contributed by atoms with Crippen molar-refractivity contribution in [3.05, 3.63) is 59.2 Å². The monoisotopic (exact) mass is 523 g/mol. The Hall–Kier alpha value is -3.35. The molecule has 0 spiro atoms. The summed E-state index contributed by atoms with van der Waals surface area (Å²) in [5.41, 5.74) is 2.22. The van der Waals surface area contributed by atoms with Crippen molar-refractivity contribution in [1.82, 2.24) is 4.90 Å². The van der Waals surface area contributed by atoms with Gasteiger partial charge in [0.1, 0.15) is 12.1 Å². The lowest BCUT2D eigenvalue weighted by Gasteiger charge is -2.36. The summed E-state index contributed by atoms with van der Waals surface area (Å²) in [7, 11) is 3.20. The Morgan fingerprint density at radius 2 is 1.76 bits per heavy atom. The fourth-order valence-electron chi connectivity index (χ4n) is 4.72. The van der Waals surface area contributed by atoms with Crippen LogP contribution in [0.15, 0.2) is 42.5 Å². The minimum absolute atomic E-state index is 0.380. The molecule has 38 heavy (non-hydrogen) atoms. The Balaban J connectivity index is 1.81. The molecule has 0 saturated carbocycles. The highest BCUT2D eigenvalue weighted by molar-refractivity contribution is 6.38. The van der Waals surface area contributed by atoms with E-state index in [0.717, 1.165) is 29.5 Å². The first-order valence-electron chi connectivity index (χ1n) is 13.4. The Morgan fingerprint density at radius 1 is 1.03 bits per heavy atom. The van der Waals surface area contributed by atoms with Crippen molar-refractivity contribution in [2.24, 2.45) is 5.41 Å². The molecule has 0 aliphatic carbocycles. The average Bonchev–Trinajstić information content (AvgIpc) is 2.93. The smallest absolute Gasteiger partial charge is 0.329 e. The second kappa shape index (κ2) is 12.9. The first kappa shape index (κ1) is 29.2. The lowest BCUT2D eigenvalue weighted by molar-refractivity contribution is -0.164. The van der Waals surface area contributed by atoms with E-state index in [-0.39, 0.29) is 0 Å². The number of likely N-dealkylation sites (tertiary alicyclic amines) is 1. The quantitative estimate of drug-likeness (QED) is 0.281. The molecule has 2 aromatic carbocycles. The molecule has 3 rings (SSSR count). The van der Waals surface area contributed by atoms with Crippen molar-refractivity contribution in [1.29, 1.82) is 0 Å². The van der Waals surface area contributed by atoms with Gasteiger partial charge in [0.05, 0.1) is 14.2 Å². The highest BCUT2D eigenvalue weighted by atomic mass is 16.5. The van der Waals surface area contributed by atoms with Crippen LogP contribution in [0.2, 0.25) is 0 Å². The molecule has 1 aliphatic rings. The molecule has 7 heteroatoms. The number of ether oxygens (including phenoxy) is 3. The number of benzene rings is 2. The zero-order valence-electron chi connectivity index (χ0n) is 23.5. The molecule has 0 aromatic heterocycles. The SMILES string of the molecule is CCC(C)(C)C(=O)C(=O)N1CCCCC1C(=O)OC(CCc1ccc(OC)c(OC)c1)c1cccc(C)c1. The number of amides is 1. The summed E-state index contributed by atoms with van der Waals surface area (Å²) >= 11 is 0. The normalized spacial score (nSPS) is 16.5. The first-order valence-corrected chi connectivity index (χ1v) is 13.4. The molecule has 2 unspecified atom stereocenters. The van der Waals surface area contributed by atoms with Gasteiger partial charge in [0.25, 0.3) is 5.91 Å². The molecule has 1 saturated heterocycles. The van der Waals surface area contributed by atoms with Gasteiger partial charge in [-0.3, -0.25) is 9.59 Å². The van der Waals surface area contributed by atoms with Crippen molar-refractivity contribution < 1.29 is 28.6 Å². The van der Waals surface area contributed by atoms with Crippen LogP contribution in [0, 0.1) is 12.3 Å². The third kappa shape index (κ3) is 6.94. The maximum absolute atomic E-state index is 13.6. The summed E-state index contributed by atoms with van der Waals surface area (Å²) < 4.78 is 16.9. The maximum Gasteiger partial charge on any atom is 0.329 e. The number of rotatable bonds is 11. The maximum atomic E-state index is 13.6. The third-order valence-corrected chi connectivity index (χ3v) is 7.54. The largest absolute Gasteiger partial charge is 0.493 e. The van der Waals surface area contributed by atoms with Crippen LogP contribution in [-0.2, 0) is 25.5 Å². The van der Waals surface area contributed by atoms with Gasteiger partial charge in [0.2, 0.25) is 5.78 Å². The fourth-order valence-corrected chi connectivity index (χ4v) is 4.72. The van der Waals surface area contributed by atoms with E-state index in [1.807, 2.05) is 56.3 Å². The first-order chi connectivity index (χ1) is 18.1. The van der Waals surface area contributed by atoms with Crippen LogP contribution in [0.5, 0.6) is 11.5 Å². The number of hydrogen-bond donors (Lipinski definition) is 0. The van der Waals surface area contributed by atoms with Gasteiger partial charge >= 0.3 is 5.97 Å². The number of nitrogens with zero attached hydrogens (tertiary/aromatic N) is 1. The van der Waals surface area contributed by atoms with Crippen LogP contribution in [-0.4, -0.2) is 49.4 Å². The van der Waals surface area contributed by atoms with Crippen LogP contribution >= 0.6 is 0 Å². The minimum Gasteiger partial charge on any atom is -0.493 e. The topological polar surface area (TPSA) is 82.1 Å². The fraction of sp³-hybridized carbons (Fsp3) is 0.516. The molecular weight excluding hydrogens is 482 g/mol. The number of esters is 1. The Morgan fingerprint density at radius 3 is 2.42 bits per heavy atom. The van der Waals surface area contributed by atoms with E-state index in [9.17, 15) is 14.4 Å². The predicted octanol–water partition coefficient (Wildman–Crippen LogP) is 5.62. The molecule has 2 atom stereocenters. The second-order valence-electron chi connectivity index (χ2n) is 10.6. The number of ketones is 1. The number of hydrogen-bond acceptors (Lipinski definition) is 6. The van der Waals surface area contributed by atoms with Crippen molar-refractivity contribution in [2.45, 2.75) is 78.4 Å². The van der Waals surface area contributed by atoms with Crippen LogP contribution in [0.1, 0.15) is 75.7 Å². The number of carbonyl (C=O) groups excluding carboxylic acids is 3. The van der Waals surface area contributed by atoms with Crippen LogP contribution in [0.3, 0.4) is 0 Å². The average molecular weight is 524 g/mol. The van der Waals surface area contributed by atoms with Crippen molar-refractivity contribution in [3.63, 3.8) is 0 Å². The zero-order chi connectivity index (χ0) is 27.9. The lowest BCUT2D eigenvalue weighted by Crippen LogP contribution is -2.53. The van der Waals surface area contributed by atoms with Gasteiger partial charge in [0, 0.05) is 12.0 Å². The van der Waals surface area contributed by atoms with E-state index in [1.165, 1.54) is 4.90 Å². The molecule has 0 bridgehead atoms. The van der Waals surface area contributed by atoms with E-state index < -0.39 is 35.2 Å². The van der Waals surface area contributed by atoms with Crippen molar-refractivity contribution in [2.75, 3.05) is 20.8 Å². The van der Waals surface area contributed by atoms with E-state index in [1.54, 1.807) is 28.1 Å². The molecule has 1 amide bonds. The number of carbonyl (C=O) groups is 3. The molecule has 0 N–H and O–H groups in total. The highest BCUT2D eigenvalue weighted by Gasteiger charge is 2.41. The van der Waals surface area contributed by atoms with Crippen LogP contribution in [0.4, 0.5) is 0 Å². The lowest BCUT2D eigenvalue weighted by atomic mass is 9.84. The summed E-state index contributed by atoms with van der Waals surface area (Å²) in [4.78, 5) is 41.1. The van der Waals surface area contributed by atoms with E-state index in [0.29, 0.717) is 43.7 Å². The zero-order valence-corrected chi connectivity index (χ0v) is 23.5. The Labute approximate surface area is 226 Å².